The number of carbonyl (C=O) groups excluding carboxylic acids is 1. The van der Waals surface area contributed by atoms with Crippen LogP contribution in [0.25, 0.3) is 0 Å². The van der Waals surface area contributed by atoms with Crippen LogP contribution in [-0.2, 0) is 4.79 Å². The van der Waals surface area contributed by atoms with Gasteiger partial charge in [-0.2, -0.15) is 0 Å². The number of nitrogens with two attached hydrogens (primary N) is 1. The van der Waals surface area contributed by atoms with Crippen LogP contribution in [0.3, 0.4) is 0 Å². The summed E-state index contributed by atoms with van der Waals surface area (Å²) >= 11 is 0. The van der Waals surface area contributed by atoms with Crippen molar-refractivity contribution < 1.29 is 9.53 Å². The lowest BCUT2D eigenvalue weighted by atomic mass is 10.1. The van der Waals surface area contributed by atoms with Crippen molar-refractivity contribution >= 4 is 18.3 Å². The van der Waals surface area contributed by atoms with Gasteiger partial charge in [0.15, 0.2) is 0 Å². The maximum absolute atomic E-state index is 11.9. The maximum atomic E-state index is 11.9. The van der Waals surface area contributed by atoms with Gasteiger partial charge in [0.1, 0.15) is 5.75 Å². The minimum absolute atomic E-state index is 0. The number of benzene rings is 1. The lowest BCUT2D eigenvalue weighted by Gasteiger charge is -2.23. The van der Waals surface area contributed by atoms with Crippen molar-refractivity contribution in [3.63, 3.8) is 0 Å². The van der Waals surface area contributed by atoms with Crippen molar-refractivity contribution in [1.82, 2.24) is 4.90 Å². The van der Waals surface area contributed by atoms with Crippen LogP contribution in [0.15, 0.2) is 18.2 Å². The summed E-state index contributed by atoms with van der Waals surface area (Å²) in [4.78, 5) is 13.5. The fraction of sp³-hybridized carbons (Fsp3) is 0.533. The fourth-order valence-electron chi connectivity index (χ4n) is 1.71. The smallest absolute Gasteiger partial charge is 0.226 e. The third kappa shape index (κ3) is 5.02. The van der Waals surface area contributed by atoms with Crippen LogP contribution < -0.4 is 10.5 Å². The first-order chi connectivity index (χ1) is 8.97. The zero-order valence-corrected chi connectivity index (χ0v) is 13.5. The zero-order chi connectivity index (χ0) is 14.4. The number of rotatable bonds is 6. The number of hydrogen-bond acceptors (Lipinski definition) is 3. The zero-order valence-electron chi connectivity index (χ0n) is 12.7. The van der Waals surface area contributed by atoms with Gasteiger partial charge in [-0.3, -0.25) is 4.79 Å². The van der Waals surface area contributed by atoms with Gasteiger partial charge >= 0.3 is 0 Å². The van der Waals surface area contributed by atoms with Crippen LogP contribution in [0.1, 0.15) is 24.5 Å². The summed E-state index contributed by atoms with van der Waals surface area (Å²) in [5, 5.41) is 0. The van der Waals surface area contributed by atoms with Crippen molar-refractivity contribution in [2.24, 2.45) is 5.73 Å². The Labute approximate surface area is 127 Å². The lowest BCUT2D eigenvalue weighted by Crippen LogP contribution is -2.40. The number of nitrogens with zero attached hydrogens (tertiary/aromatic N) is 1. The standard InChI is InChI=1S/C15H24N2O2.ClH/c1-11-6-5-7-14(13(11)3)19-9-8-15(18)17(4)12(2)10-16;/h5-7,12H,8-10,16H2,1-4H3;1H. The van der Waals surface area contributed by atoms with E-state index >= 15 is 0 Å². The first-order valence-corrected chi connectivity index (χ1v) is 6.62. The first-order valence-electron chi connectivity index (χ1n) is 6.62. The van der Waals surface area contributed by atoms with Crippen LogP contribution in [-0.4, -0.2) is 37.0 Å². The Morgan fingerprint density at radius 2 is 2.05 bits per heavy atom. The third-order valence-electron chi connectivity index (χ3n) is 3.52. The van der Waals surface area contributed by atoms with Gasteiger partial charge in [-0.25, -0.2) is 0 Å². The number of ether oxygens (including phenoxy) is 1. The van der Waals surface area contributed by atoms with E-state index in [0.29, 0.717) is 19.6 Å². The van der Waals surface area contributed by atoms with Gasteiger partial charge in [0, 0.05) is 19.6 Å². The largest absolute Gasteiger partial charge is 0.493 e. The Bertz CT molecular complexity index is 438. The number of aryl methyl sites for hydroxylation is 1. The molecule has 0 aliphatic rings. The van der Waals surface area contributed by atoms with Crippen molar-refractivity contribution in [3.05, 3.63) is 29.3 Å². The molecular weight excluding hydrogens is 276 g/mol. The predicted octanol–water partition coefficient (Wildman–Crippen LogP) is 2.30. The molecular formula is C15H25ClN2O2. The van der Waals surface area contributed by atoms with Gasteiger partial charge in [0.2, 0.25) is 5.91 Å². The van der Waals surface area contributed by atoms with E-state index in [1.807, 2.05) is 39.0 Å². The van der Waals surface area contributed by atoms with Gasteiger partial charge in [0.05, 0.1) is 13.0 Å². The normalized spacial score (nSPS) is 11.4. The second-order valence-corrected chi connectivity index (χ2v) is 4.89. The number of likely N-dealkylation sites (N-methyl/N-ethyl adjacent to an activating group) is 1. The van der Waals surface area contributed by atoms with Crippen LogP contribution in [0.2, 0.25) is 0 Å². The highest BCUT2D eigenvalue weighted by Gasteiger charge is 2.14. The van der Waals surface area contributed by atoms with Crippen molar-refractivity contribution in [2.45, 2.75) is 33.2 Å². The molecule has 0 aliphatic heterocycles. The number of hydrogen-bond donors (Lipinski definition) is 1. The Morgan fingerprint density at radius 1 is 1.40 bits per heavy atom. The molecule has 0 saturated carbocycles. The molecule has 2 N–H and O–H groups in total. The monoisotopic (exact) mass is 300 g/mol. The van der Waals surface area contributed by atoms with Gasteiger partial charge in [0.25, 0.3) is 0 Å². The van der Waals surface area contributed by atoms with E-state index < -0.39 is 0 Å². The van der Waals surface area contributed by atoms with E-state index in [0.717, 1.165) is 11.3 Å². The predicted molar refractivity (Wildman–Crippen MR) is 84.6 cm³/mol. The van der Waals surface area contributed by atoms with E-state index in [-0.39, 0.29) is 24.4 Å². The molecule has 1 unspecified atom stereocenters. The van der Waals surface area contributed by atoms with E-state index in [1.165, 1.54) is 5.56 Å². The Morgan fingerprint density at radius 3 is 2.65 bits per heavy atom. The van der Waals surface area contributed by atoms with Gasteiger partial charge in [-0.05, 0) is 38.0 Å². The number of halogens is 1. The molecule has 0 heterocycles. The molecule has 0 spiro atoms. The maximum Gasteiger partial charge on any atom is 0.226 e. The molecule has 0 aliphatic carbocycles. The Hall–Kier alpha value is -1.26. The summed E-state index contributed by atoms with van der Waals surface area (Å²) in [6.07, 6.45) is 0.369. The summed E-state index contributed by atoms with van der Waals surface area (Å²) in [5.41, 5.74) is 7.86. The average molecular weight is 301 g/mol. The number of carbonyl (C=O) groups is 1. The van der Waals surface area contributed by atoms with Gasteiger partial charge in [-0.1, -0.05) is 12.1 Å². The molecule has 0 saturated heterocycles. The molecule has 1 aromatic carbocycles. The highest BCUT2D eigenvalue weighted by atomic mass is 35.5. The highest BCUT2D eigenvalue weighted by molar-refractivity contribution is 5.85. The van der Waals surface area contributed by atoms with Gasteiger partial charge < -0.3 is 15.4 Å². The van der Waals surface area contributed by atoms with E-state index in [1.54, 1.807) is 11.9 Å². The first kappa shape index (κ1) is 18.7. The number of amides is 1. The molecule has 114 valence electrons. The molecule has 0 radical (unpaired) electrons. The highest BCUT2D eigenvalue weighted by Crippen LogP contribution is 2.20. The van der Waals surface area contributed by atoms with Crippen LogP contribution >= 0.6 is 12.4 Å². The summed E-state index contributed by atoms with van der Waals surface area (Å²) in [7, 11) is 1.78. The molecule has 5 heteroatoms. The second-order valence-electron chi connectivity index (χ2n) is 4.89. The minimum atomic E-state index is 0. The molecule has 4 nitrogen and oxygen atoms in total. The Balaban J connectivity index is 0.00000361. The van der Waals surface area contributed by atoms with Crippen molar-refractivity contribution in [2.75, 3.05) is 20.2 Å². The molecule has 1 amide bonds. The molecule has 1 atom stereocenters. The van der Waals surface area contributed by atoms with Crippen LogP contribution in [0.4, 0.5) is 0 Å². The lowest BCUT2D eigenvalue weighted by molar-refractivity contribution is -0.132. The van der Waals surface area contributed by atoms with Crippen LogP contribution in [0, 0.1) is 13.8 Å². The summed E-state index contributed by atoms with van der Waals surface area (Å²) in [5.74, 6) is 0.908. The van der Waals surface area contributed by atoms with E-state index in [9.17, 15) is 4.79 Å². The SMILES string of the molecule is Cc1cccc(OCCC(=O)N(C)C(C)CN)c1C.Cl. The summed E-state index contributed by atoms with van der Waals surface area (Å²) in [6.45, 7) is 6.87. The van der Waals surface area contributed by atoms with Crippen LogP contribution in [0.5, 0.6) is 5.75 Å². The van der Waals surface area contributed by atoms with Crippen molar-refractivity contribution in [3.8, 4) is 5.75 Å². The minimum Gasteiger partial charge on any atom is -0.493 e. The molecule has 1 rings (SSSR count). The molecule has 0 aromatic heterocycles. The average Bonchev–Trinajstić information content (AvgIpc) is 2.41. The Kier molecular flexibility index (Phi) is 8.26. The van der Waals surface area contributed by atoms with Crippen molar-refractivity contribution in [1.29, 1.82) is 0 Å². The molecule has 0 bridgehead atoms. The third-order valence-corrected chi connectivity index (χ3v) is 3.52. The quantitative estimate of drug-likeness (QED) is 0.877. The van der Waals surface area contributed by atoms with Gasteiger partial charge in [-0.15, -0.1) is 12.4 Å². The topological polar surface area (TPSA) is 55.6 Å². The molecule has 0 fully saturated rings. The molecule has 20 heavy (non-hydrogen) atoms. The summed E-state index contributed by atoms with van der Waals surface area (Å²) < 4.78 is 5.67. The summed E-state index contributed by atoms with van der Waals surface area (Å²) in [6, 6.07) is 6.00. The fourth-order valence-corrected chi connectivity index (χ4v) is 1.71. The second kappa shape index (κ2) is 8.82. The molecule has 1 aromatic rings. The van der Waals surface area contributed by atoms with E-state index in [2.05, 4.69) is 0 Å². The van der Waals surface area contributed by atoms with E-state index in [4.69, 9.17) is 10.5 Å².